The van der Waals surface area contributed by atoms with E-state index >= 15 is 0 Å². The molecule has 2 saturated heterocycles. The number of nitriles is 1. The summed E-state index contributed by atoms with van der Waals surface area (Å²) in [7, 11) is 0. The van der Waals surface area contributed by atoms with E-state index in [0.29, 0.717) is 17.7 Å². The van der Waals surface area contributed by atoms with Crippen LogP contribution in [0.5, 0.6) is 0 Å². The van der Waals surface area contributed by atoms with E-state index < -0.39 is 0 Å². The Kier molecular flexibility index (Phi) is 1.86. The van der Waals surface area contributed by atoms with E-state index in [4.69, 9.17) is 10.00 Å². The smallest absolute Gasteiger partial charge is 0.130 e. The number of anilines is 1. The van der Waals surface area contributed by atoms with Crippen molar-refractivity contribution in [2.75, 3.05) is 18.1 Å². The molecule has 0 amide bonds. The van der Waals surface area contributed by atoms with Crippen molar-refractivity contribution in [1.29, 1.82) is 5.26 Å². The monoisotopic (exact) mass is 201 g/mol. The summed E-state index contributed by atoms with van der Waals surface area (Å²) in [5, 5.41) is 8.82. The van der Waals surface area contributed by atoms with Gasteiger partial charge < -0.3 is 9.64 Å². The van der Waals surface area contributed by atoms with Crippen LogP contribution in [-0.4, -0.2) is 30.3 Å². The molecule has 2 bridgehead atoms. The third-order valence-corrected chi connectivity index (χ3v) is 3.07. The summed E-state index contributed by atoms with van der Waals surface area (Å²) >= 11 is 0. The molecule has 0 aromatic carbocycles. The van der Waals surface area contributed by atoms with Gasteiger partial charge in [-0.15, -0.1) is 0 Å². The van der Waals surface area contributed by atoms with Gasteiger partial charge in [-0.25, -0.2) is 4.98 Å². The van der Waals surface area contributed by atoms with Crippen molar-refractivity contribution in [3.05, 3.63) is 23.9 Å². The Morgan fingerprint density at radius 3 is 3.20 bits per heavy atom. The summed E-state index contributed by atoms with van der Waals surface area (Å²) in [5.41, 5.74) is 0.670. The maximum Gasteiger partial charge on any atom is 0.130 e. The fraction of sp³-hybridized carbons (Fsp3) is 0.455. The molecule has 3 rings (SSSR count). The second-order valence-corrected chi connectivity index (χ2v) is 4.01. The van der Waals surface area contributed by atoms with Crippen LogP contribution in [0.15, 0.2) is 18.3 Å². The van der Waals surface area contributed by atoms with Crippen LogP contribution in [-0.2, 0) is 4.74 Å². The summed E-state index contributed by atoms with van der Waals surface area (Å²) in [6.07, 6.45) is 3.15. The van der Waals surface area contributed by atoms with Crippen molar-refractivity contribution in [2.45, 2.75) is 18.6 Å². The Bertz CT molecular complexity index is 426. The number of rotatable bonds is 1. The van der Waals surface area contributed by atoms with Crippen LogP contribution < -0.4 is 4.90 Å². The number of nitrogens with zero attached hydrogens (tertiary/aromatic N) is 3. The maximum absolute atomic E-state index is 8.82. The minimum atomic E-state index is 0.363. The quantitative estimate of drug-likeness (QED) is 0.678. The average molecular weight is 201 g/mol. The fourth-order valence-electron chi connectivity index (χ4n) is 2.33. The van der Waals surface area contributed by atoms with Crippen LogP contribution in [0, 0.1) is 11.3 Å². The van der Waals surface area contributed by atoms with E-state index in [-0.39, 0.29) is 0 Å². The molecule has 3 heterocycles. The third kappa shape index (κ3) is 1.36. The van der Waals surface area contributed by atoms with E-state index in [0.717, 1.165) is 25.4 Å². The van der Waals surface area contributed by atoms with E-state index in [2.05, 4.69) is 16.0 Å². The Labute approximate surface area is 88.1 Å². The SMILES string of the molecule is N#Cc1ccnc(N2C[C@H]3C[C@H]2CO3)c1. The van der Waals surface area contributed by atoms with Gasteiger partial charge >= 0.3 is 0 Å². The molecule has 2 fully saturated rings. The highest BCUT2D eigenvalue weighted by Gasteiger charge is 2.39. The standard InChI is InChI=1S/C11H11N3O/c12-5-8-1-2-13-11(3-8)14-6-10-4-9(14)7-15-10/h1-3,9-10H,4,6-7H2/t9-,10+/m0/s1. The first-order chi connectivity index (χ1) is 7.36. The lowest BCUT2D eigenvalue weighted by Gasteiger charge is -2.27. The molecule has 1 aromatic rings. The molecular formula is C11H11N3O. The van der Waals surface area contributed by atoms with Gasteiger partial charge in [-0.05, 0) is 18.6 Å². The van der Waals surface area contributed by atoms with Crippen LogP contribution >= 0.6 is 0 Å². The molecule has 4 heteroatoms. The number of hydrogen-bond donors (Lipinski definition) is 0. The molecule has 0 radical (unpaired) electrons. The highest BCUT2D eigenvalue weighted by molar-refractivity contribution is 5.47. The largest absolute Gasteiger partial charge is 0.374 e. The number of hydrogen-bond acceptors (Lipinski definition) is 4. The van der Waals surface area contributed by atoms with Crippen molar-refractivity contribution < 1.29 is 4.74 Å². The summed E-state index contributed by atoms with van der Waals surface area (Å²) in [6, 6.07) is 6.17. The molecule has 0 N–H and O–H groups in total. The van der Waals surface area contributed by atoms with Gasteiger partial charge in [0.25, 0.3) is 0 Å². The van der Waals surface area contributed by atoms with Crippen LogP contribution in [0.4, 0.5) is 5.82 Å². The van der Waals surface area contributed by atoms with Gasteiger partial charge in [0.2, 0.25) is 0 Å². The van der Waals surface area contributed by atoms with Crippen molar-refractivity contribution in [1.82, 2.24) is 4.98 Å². The van der Waals surface area contributed by atoms with Gasteiger partial charge in [0.15, 0.2) is 0 Å². The fourth-order valence-corrected chi connectivity index (χ4v) is 2.33. The minimum absolute atomic E-state index is 0.363. The van der Waals surface area contributed by atoms with E-state index in [1.807, 2.05) is 6.07 Å². The first kappa shape index (κ1) is 8.69. The third-order valence-electron chi connectivity index (χ3n) is 3.07. The van der Waals surface area contributed by atoms with Gasteiger partial charge in [-0.1, -0.05) is 0 Å². The molecule has 0 spiro atoms. The highest BCUT2D eigenvalue weighted by Crippen LogP contribution is 2.31. The zero-order valence-electron chi connectivity index (χ0n) is 8.26. The summed E-state index contributed by atoms with van der Waals surface area (Å²) in [5.74, 6) is 0.907. The molecule has 2 atom stereocenters. The van der Waals surface area contributed by atoms with Crippen LogP contribution in [0.1, 0.15) is 12.0 Å². The molecule has 4 nitrogen and oxygen atoms in total. The number of pyridine rings is 1. The van der Waals surface area contributed by atoms with Crippen LogP contribution in [0.2, 0.25) is 0 Å². The first-order valence-electron chi connectivity index (χ1n) is 5.11. The van der Waals surface area contributed by atoms with Gasteiger partial charge in [0.05, 0.1) is 30.4 Å². The van der Waals surface area contributed by atoms with E-state index in [9.17, 15) is 0 Å². The molecule has 76 valence electrons. The second-order valence-electron chi connectivity index (χ2n) is 4.01. The molecule has 0 saturated carbocycles. The molecule has 15 heavy (non-hydrogen) atoms. The van der Waals surface area contributed by atoms with Crippen molar-refractivity contribution >= 4 is 5.82 Å². The lowest BCUT2D eigenvalue weighted by molar-refractivity contribution is 0.0989. The predicted octanol–water partition coefficient (Wildman–Crippen LogP) is 0.931. The zero-order chi connectivity index (χ0) is 10.3. The van der Waals surface area contributed by atoms with Gasteiger partial charge in [-0.2, -0.15) is 5.26 Å². The average Bonchev–Trinajstić information content (AvgIpc) is 2.91. The zero-order valence-corrected chi connectivity index (χ0v) is 8.26. The van der Waals surface area contributed by atoms with Crippen LogP contribution in [0.3, 0.4) is 0 Å². The number of fused-ring (bicyclic) bond motifs is 2. The molecule has 1 aromatic heterocycles. The van der Waals surface area contributed by atoms with Crippen molar-refractivity contribution in [3.8, 4) is 6.07 Å². The molecule has 0 unspecified atom stereocenters. The Morgan fingerprint density at radius 1 is 1.60 bits per heavy atom. The summed E-state index contributed by atoms with van der Waals surface area (Å²) < 4.78 is 5.53. The number of ether oxygens (including phenoxy) is 1. The summed E-state index contributed by atoms with van der Waals surface area (Å²) in [4.78, 5) is 6.55. The molecule has 2 aliphatic heterocycles. The first-order valence-corrected chi connectivity index (χ1v) is 5.11. The normalized spacial score (nSPS) is 28.1. The van der Waals surface area contributed by atoms with Gasteiger partial charge in [-0.3, -0.25) is 0 Å². The van der Waals surface area contributed by atoms with Crippen molar-refractivity contribution in [2.24, 2.45) is 0 Å². The molecule has 0 aliphatic carbocycles. The lowest BCUT2D eigenvalue weighted by atomic mass is 10.2. The summed E-state index contributed by atoms with van der Waals surface area (Å²) in [6.45, 7) is 1.70. The van der Waals surface area contributed by atoms with E-state index in [1.54, 1.807) is 12.3 Å². The maximum atomic E-state index is 8.82. The Hall–Kier alpha value is -1.60. The van der Waals surface area contributed by atoms with Gasteiger partial charge in [0.1, 0.15) is 5.82 Å². The second kappa shape index (κ2) is 3.21. The minimum Gasteiger partial charge on any atom is -0.374 e. The molecular weight excluding hydrogens is 190 g/mol. The lowest BCUT2D eigenvalue weighted by Crippen LogP contribution is -2.37. The predicted molar refractivity (Wildman–Crippen MR) is 54.4 cm³/mol. The topological polar surface area (TPSA) is 49.2 Å². The van der Waals surface area contributed by atoms with E-state index in [1.165, 1.54) is 0 Å². The Morgan fingerprint density at radius 2 is 2.53 bits per heavy atom. The van der Waals surface area contributed by atoms with Crippen molar-refractivity contribution in [3.63, 3.8) is 0 Å². The molecule has 2 aliphatic rings. The van der Waals surface area contributed by atoms with Crippen LogP contribution in [0.25, 0.3) is 0 Å². The number of morpholine rings is 1. The highest BCUT2D eigenvalue weighted by atomic mass is 16.5. The Balaban J connectivity index is 1.90. The van der Waals surface area contributed by atoms with Gasteiger partial charge in [0, 0.05) is 12.7 Å². The number of aromatic nitrogens is 1.